The summed E-state index contributed by atoms with van der Waals surface area (Å²) in [5, 5.41) is 18.8. The van der Waals surface area contributed by atoms with Crippen molar-refractivity contribution in [3.8, 4) is 6.07 Å². The van der Waals surface area contributed by atoms with Crippen LogP contribution in [0.2, 0.25) is 0 Å². The Bertz CT molecular complexity index is 606. The third-order valence-corrected chi connectivity index (χ3v) is 4.23. The summed E-state index contributed by atoms with van der Waals surface area (Å²) in [5.41, 5.74) is -0.231. The third-order valence-electron chi connectivity index (χ3n) is 2.93. The molecule has 0 radical (unpaired) electrons. The predicted molar refractivity (Wildman–Crippen MR) is 78.9 cm³/mol. The van der Waals surface area contributed by atoms with Crippen LogP contribution in [0.25, 0.3) is 0 Å². The van der Waals surface area contributed by atoms with Crippen LogP contribution in [0.4, 0.5) is 0 Å². The fraction of sp³-hybridized carbons (Fsp3) is 0.500. The molecule has 21 heavy (non-hydrogen) atoms. The monoisotopic (exact) mass is 312 g/mol. The van der Waals surface area contributed by atoms with Crippen molar-refractivity contribution in [2.75, 3.05) is 20.3 Å². The topological polar surface area (TPSA) is 99.4 Å². The molecule has 7 heteroatoms. The van der Waals surface area contributed by atoms with Crippen LogP contribution in [0.15, 0.2) is 24.3 Å². The molecule has 116 valence electrons. The Kier molecular flexibility index (Phi) is 6.30. The summed E-state index contributed by atoms with van der Waals surface area (Å²) < 4.78 is 31.2. The highest BCUT2D eigenvalue weighted by atomic mass is 32.2. The maximum Gasteiger partial charge on any atom is 0.215 e. The van der Waals surface area contributed by atoms with Crippen molar-refractivity contribution in [1.82, 2.24) is 4.72 Å². The second kappa shape index (κ2) is 7.52. The van der Waals surface area contributed by atoms with Crippen LogP contribution in [0.3, 0.4) is 0 Å². The first-order valence-electron chi connectivity index (χ1n) is 6.46. The standard InChI is InChI=1S/C14H20N2O4S/c1-14(17,6-7-20-2)11-16-21(18,19)10-13-5-3-4-12(8-13)9-15/h3-5,8,16-17H,6-7,10-11H2,1-2H3. The van der Waals surface area contributed by atoms with E-state index in [1.165, 1.54) is 13.2 Å². The number of nitrogens with one attached hydrogen (secondary N) is 1. The molecule has 0 bridgehead atoms. The van der Waals surface area contributed by atoms with Crippen molar-refractivity contribution < 1.29 is 18.3 Å². The molecule has 1 aromatic carbocycles. The molecular weight excluding hydrogens is 292 g/mol. The summed E-state index contributed by atoms with van der Waals surface area (Å²) in [6, 6.07) is 8.38. The van der Waals surface area contributed by atoms with Crippen molar-refractivity contribution in [2.45, 2.75) is 24.7 Å². The zero-order valence-corrected chi connectivity index (χ0v) is 13.0. The highest BCUT2D eigenvalue weighted by Gasteiger charge is 2.23. The Hall–Kier alpha value is -1.46. The van der Waals surface area contributed by atoms with E-state index in [1.807, 2.05) is 6.07 Å². The first-order chi connectivity index (χ1) is 9.78. The number of methoxy groups -OCH3 is 1. The fourth-order valence-corrected chi connectivity index (χ4v) is 2.93. The molecule has 0 spiro atoms. The van der Waals surface area contributed by atoms with Gasteiger partial charge in [0, 0.05) is 26.7 Å². The largest absolute Gasteiger partial charge is 0.389 e. The van der Waals surface area contributed by atoms with Gasteiger partial charge in [-0.3, -0.25) is 0 Å². The molecule has 1 unspecified atom stereocenters. The first kappa shape index (κ1) is 17.6. The lowest BCUT2D eigenvalue weighted by atomic mass is 10.0. The van der Waals surface area contributed by atoms with Crippen LogP contribution < -0.4 is 4.72 Å². The zero-order valence-electron chi connectivity index (χ0n) is 12.2. The van der Waals surface area contributed by atoms with Gasteiger partial charge in [0.1, 0.15) is 0 Å². The van der Waals surface area contributed by atoms with Crippen LogP contribution in [0.1, 0.15) is 24.5 Å². The Morgan fingerprint density at radius 3 is 2.81 bits per heavy atom. The average molecular weight is 312 g/mol. The number of sulfonamides is 1. The predicted octanol–water partition coefficient (Wildman–Crippen LogP) is 0.765. The summed E-state index contributed by atoms with van der Waals surface area (Å²) in [5.74, 6) is -0.233. The second-order valence-corrected chi connectivity index (χ2v) is 6.94. The van der Waals surface area contributed by atoms with Crippen molar-refractivity contribution in [3.05, 3.63) is 35.4 Å². The zero-order chi connectivity index (χ0) is 15.9. The van der Waals surface area contributed by atoms with E-state index in [0.29, 0.717) is 24.2 Å². The molecule has 6 nitrogen and oxygen atoms in total. The highest BCUT2D eigenvalue weighted by Crippen LogP contribution is 2.11. The number of aliphatic hydroxyl groups is 1. The molecule has 0 fully saturated rings. The SMILES string of the molecule is COCCC(C)(O)CNS(=O)(=O)Cc1cccc(C#N)c1. The fourth-order valence-electron chi connectivity index (χ4n) is 1.68. The lowest BCUT2D eigenvalue weighted by Gasteiger charge is -2.23. The van der Waals surface area contributed by atoms with Crippen molar-refractivity contribution in [1.29, 1.82) is 5.26 Å². The average Bonchev–Trinajstić information content (AvgIpc) is 2.43. The number of nitriles is 1. The minimum absolute atomic E-state index is 0.0867. The molecule has 0 aliphatic carbocycles. The Labute approximate surface area is 125 Å². The normalized spacial score (nSPS) is 14.4. The first-order valence-corrected chi connectivity index (χ1v) is 8.11. The van der Waals surface area contributed by atoms with Crippen molar-refractivity contribution in [3.63, 3.8) is 0 Å². The van der Waals surface area contributed by atoms with E-state index < -0.39 is 15.6 Å². The van der Waals surface area contributed by atoms with Crippen LogP contribution in [0.5, 0.6) is 0 Å². The van der Waals surface area contributed by atoms with Gasteiger partial charge in [-0.2, -0.15) is 5.26 Å². The van der Waals surface area contributed by atoms with Crippen molar-refractivity contribution in [2.24, 2.45) is 0 Å². The Balaban J connectivity index is 2.63. The van der Waals surface area contributed by atoms with Gasteiger partial charge in [-0.25, -0.2) is 13.1 Å². The number of hydrogen-bond donors (Lipinski definition) is 2. The van der Waals surface area contributed by atoms with E-state index >= 15 is 0 Å². The van der Waals surface area contributed by atoms with E-state index in [2.05, 4.69) is 4.72 Å². The van der Waals surface area contributed by atoms with Crippen LogP contribution in [0, 0.1) is 11.3 Å². The summed E-state index contributed by atoms with van der Waals surface area (Å²) in [7, 11) is -2.06. The molecule has 0 aliphatic rings. The Morgan fingerprint density at radius 2 is 2.19 bits per heavy atom. The quantitative estimate of drug-likeness (QED) is 0.738. The molecule has 1 atom stereocenters. The van der Waals surface area contributed by atoms with Crippen LogP contribution in [-0.4, -0.2) is 39.4 Å². The van der Waals surface area contributed by atoms with Gasteiger partial charge in [0.05, 0.1) is 23.0 Å². The number of ether oxygens (including phenoxy) is 1. The second-order valence-electron chi connectivity index (χ2n) is 5.13. The van der Waals surface area contributed by atoms with Gasteiger partial charge in [0.15, 0.2) is 0 Å². The van der Waals surface area contributed by atoms with E-state index in [9.17, 15) is 13.5 Å². The van der Waals surface area contributed by atoms with Crippen LogP contribution >= 0.6 is 0 Å². The molecule has 0 amide bonds. The number of rotatable bonds is 8. The third kappa shape index (κ3) is 6.69. The van der Waals surface area contributed by atoms with Gasteiger partial charge >= 0.3 is 0 Å². The lowest BCUT2D eigenvalue weighted by Crippen LogP contribution is -2.41. The maximum absolute atomic E-state index is 12.0. The molecule has 1 aromatic rings. The summed E-state index contributed by atoms with van der Waals surface area (Å²) in [6.07, 6.45) is 0.329. The van der Waals surface area contributed by atoms with Gasteiger partial charge < -0.3 is 9.84 Å². The molecule has 0 saturated heterocycles. The van der Waals surface area contributed by atoms with Gasteiger partial charge in [0.25, 0.3) is 0 Å². The van der Waals surface area contributed by atoms with Gasteiger partial charge in [-0.05, 0) is 24.6 Å². The van der Waals surface area contributed by atoms with Gasteiger partial charge in [-0.1, -0.05) is 12.1 Å². The van der Waals surface area contributed by atoms with Gasteiger partial charge in [0.2, 0.25) is 10.0 Å². The summed E-state index contributed by atoms with van der Waals surface area (Å²) in [6.45, 7) is 1.81. The van der Waals surface area contributed by atoms with Gasteiger partial charge in [-0.15, -0.1) is 0 Å². The summed E-state index contributed by atoms with van der Waals surface area (Å²) >= 11 is 0. The number of benzene rings is 1. The minimum Gasteiger partial charge on any atom is -0.389 e. The summed E-state index contributed by atoms with van der Waals surface area (Å²) in [4.78, 5) is 0. The molecule has 0 heterocycles. The molecule has 0 aromatic heterocycles. The lowest BCUT2D eigenvalue weighted by molar-refractivity contribution is 0.0292. The molecular formula is C14H20N2O4S. The highest BCUT2D eigenvalue weighted by molar-refractivity contribution is 7.88. The minimum atomic E-state index is -3.58. The van der Waals surface area contributed by atoms with E-state index in [4.69, 9.17) is 10.00 Å². The Morgan fingerprint density at radius 1 is 1.48 bits per heavy atom. The molecule has 0 saturated carbocycles. The maximum atomic E-state index is 12.0. The molecule has 2 N–H and O–H groups in total. The van der Waals surface area contributed by atoms with Crippen LogP contribution in [-0.2, 0) is 20.5 Å². The molecule has 1 rings (SSSR count). The van der Waals surface area contributed by atoms with E-state index in [1.54, 1.807) is 25.1 Å². The smallest absolute Gasteiger partial charge is 0.215 e. The number of nitrogens with zero attached hydrogens (tertiary/aromatic N) is 1. The molecule has 0 aliphatic heterocycles. The van der Waals surface area contributed by atoms with E-state index in [0.717, 1.165) is 0 Å². The number of hydrogen-bond acceptors (Lipinski definition) is 5. The van der Waals surface area contributed by atoms with E-state index in [-0.39, 0.29) is 12.3 Å². The van der Waals surface area contributed by atoms with Crippen molar-refractivity contribution >= 4 is 10.0 Å².